The maximum Gasteiger partial charge on any atom is 0.244 e. The fourth-order valence-electron chi connectivity index (χ4n) is 2.84. The average molecular weight is 283 g/mol. The third-order valence-corrected chi connectivity index (χ3v) is 4.19. The van der Waals surface area contributed by atoms with Crippen LogP contribution in [0.25, 0.3) is 11.1 Å². The van der Waals surface area contributed by atoms with Gasteiger partial charge in [0.2, 0.25) is 5.91 Å². The normalized spacial score (nSPS) is 16.8. The van der Waals surface area contributed by atoms with E-state index in [2.05, 4.69) is 10.4 Å². The standard InChI is InChI=1S/C17H21N3O/c1-13(17(21)19-16-9-5-6-10-16)20-12-15(11-18-20)14-7-3-2-4-8-14/h2-4,7-8,11-13,16H,5-6,9-10H2,1H3,(H,19,21)/t13-/m0/s1. The molecular weight excluding hydrogens is 262 g/mol. The van der Waals surface area contributed by atoms with Crippen LogP contribution in [0.1, 0.15) is 38.6 Å². The molecule has 1 aromatic heterocycles. The number of carbonyl (C=O) groups excluding carboxylic acids is 1. The molecule has 0 aliphatic heterocycles. The molecule has 1 N–H and O–H groups in total. The van der Waals surface area contributed by atoms with Crippen LogP contribution in [-0.4, -0.2) is 21.7 Å². The summed E-state index contributed by atoms with van der Waals surface area (Å²) in [4.78, 5) is 12.3. The maximum atomic E-state index is 12.3. The average Bonchev–Trinajstić information content (AvgIpc) is 3.18. The summed E-state index contributed by atoms with van der Waals surface area (Å²) in [5.74, 6) is 0.0598. The Labute approximate surface area is 125 Å². The number of hydrogen-bond acceptors (Lipinski definition) is 2. The monoisotopic (exact) mass is 283 g/mol. The molecule has 1 heterocycles. The van der Waals surface area contributed by atoms with Crippen molar-refractivity contribution in [2.75, 3.05) is 0 Å². The third kappa shape index (κ3) is 3.15. The first-order valence-corrected chi connectivity index (χ1v) is 7.64. The highest BCUT2D eigenvalue weighted by Gasteiger charge is 2.22. The first-order chi connectivity index (χ1) is 10.2. The van der Waals surface area contributed by atoms with Gasteiger partial charge in [-0.3, -0.25) is 9.48 Å². The lowest BCUT2D eigenvalue weighted by atomic mass is 10.1. The Kier molecular flexibility index (Phi) is 4.04. The van der Waals surface area contributed by atoms with Gasteiger partial charge in [0, 0.05) is 17.8 Å². The topological polar surface area (TPSA) is 46.9 Å². The van der Waals surface area contributed by atoms with Crippen molar-refractivity contribution in [3.8, 4) is 11.1 Å². The second-order valence-corrected chi connectivity index (χ2v) is 5.74. The molecule has 0 bridgehead atoms. The maximum absolute atomic E-state index is 12.3. The second-order valence-electron chi connectivity index (χ2n) is 5.74. The van der Waals surface area contributed by atoms with E-state index in [-0.39, 0.29) is 11.9 Å². The summed E-state index contributed by atoms with van der Waals surface area (Å²) in [5.41, 5.74) is 2.16. The summed E-state index contributed by atoms with van der Waals surface area (Å²) in [6, 6.07) is 10.2. The molecule has 1 aliphatic rings. The summed E-state index contributed by atoms with van der Waals surface area (Å²) in [5, 5.41) is 7.47. The van der Waals surface area contributed by atoms with Crippen molar-refractivity contribution in [2.24, 2.45) is 0 Å². The zero-order chi connectivity index (χ0) is 14.7. The van der Waals surface area contributed by atoms with E-state index in [0.29, 0.717) is 6.04 Å². The molecule has 110 valence electrons. The molecule has 1 aromatic carbocycles. The summed E-state index contributed by atoms with van der Waals surface area (Å²) < 4.78 is 1.74. The lowest BCUT2D eigenvalue weighted by molar-refractivity contribution is -0.124. The van der Waals surface area contributed by atoms with Gasteiger partial charge >= 0.3 is 0 Å². The highest BCUT2D eigenvalue weighted by atomic mass is 16.2. The first kappa shape index (κ1) is 13.9. The van der Waals surface area contributed by atoms with Crippen molar-refractivity contribution in [1.82, 2.24) is 15.1 Å². The highest BCUT2D eigenvalue weighted by Crippen LogP contribution is 2.21. The molecule has 4 heteroatoms. The summed E-state index contributed by atoms with van der Waals surface area (Å²) >= 11 is 0. The van der Waals surface area contributed by atoms with Gasteiger partial charge in [0.15, 0.2) is 0 Å². The van der Waals surface area contributed by atoms with E-state index in [1.165, 1.54) is 12.8 Å². The minimum atomic E-state index is -0.275. The molecule has 21 heavy (non-hydrogen) atoms. The van der Waals surface area contributed by atoms with Gasteiger partial charge in [0.25, 0.3) is 0 Å². The van der Waals surface area contributed by atoms with Crippen LogP contribution in [0.4, 0.5) is 0 Å². The van der Waals surface area contributed by atoms with E-state index < -0.39 is 0 Å². The van der Waals surface area contributed by atoms with Crippen LogP contribution in [-0.2, 0) is 4.79 Å². The third-order valence-electron chi connectivity index (χ3n) is 4.19. The SMILES string of the molecule is C[C@@H](C(=O)NC1CCCC1)n1cc(-c2ccccc2)cn1. The van der Waals surface area contributed by atoms with Crippen LogP contribution in [0.3, 0.4) is 0 Å². The van der Waals surface area contributed by atoms with Crippen LogP contribution in [0.15, 0.2) is 42.7 Å². The highest BCUT2D eigenvalue weighted by molar-refractivity contribution is 5.80. The first-order valence-electron chi connectivity index (χ1n) is 7.64. The number of hydrogen-bond donors (Lipinski definition) is 1. The molecular formula is C17H21N3O. The summed E-state index contributed by atoms with van der Waals surface area (Å²) in [6.45, 7) is 1.89. The molecule has 4 nitrogen and oxygen atoms in total. The van der Waals surface area contributed by atoms with E-state index in [9.17, 15) is 4.79 Å². The summed E-state index contributed by atoms with van der Waals surface area (Å²) in [6.07, 6.45) is 8.40. The Bertz CT molecular complexity index is 600. The molecule has 1 saturated carbocycles. The number of benzene rings is 1. The smallest absolute Gasteiger partial charge is 0.244 e. The van der Waals surface area contributed by atoms with E-state index in [4.69, 9.17) is 0 Å². The van der Waals surface area contributed by atoms with E-state index in [0.717, 1.165) is 24.0 Å². The van der Waals surface area contributed by atoms with Gasteiger partial charge in [-0.05, 0) is 25.3 Å². The van der Waals surface area contributed by atoms with Crippen molar-refractivity contribution < 1.29 is 4.79 Å². The lowest BCUT2D eigenvalue weighted by Crippen LogP contribution is -2.37. The Morgan fingerprint density at radius 2 is 1.95 bits per heavy atom. The minimum absolute atomic E-state index is 0.0598. The Balaban J connectivity index is 1.69. The number of aromatic nitrogens is 2. The van der Waals surface area contributed by atoms with E-state index in [1.54, 1.807) is 4.68 Å². The zero-order valence-electron chi connectivity index (χ0n) is 12.3. The van der Waals surface area contributed by atoms with Crippen LogP contribution < -0.4 is 5.32 Å². The van der Waals surface area contributed by atoms with Gasteiger partial charge in [-0.25, -0.2) is 0 Å². The molecule has 3 rings (SSSR count). The van der Waals surface area contributed by atoms with Gasteiger partial charge in [-0.1, -0.05) is 43.2 Å². The molecule has 1 aliphatic carbocycles. The van der Waals surface area contributed by atoms with E-state index >= 15 is 0 Å². The number of amides is 1. The molecule has 1 atom stereocenters. The molecule has 1 fully saturated rings. The fourth-order valence-corrected chi connectivity index (χ4v) is 2.84. The lowest BCUT2D eigenvalue weighted by Gasteiger charge is -2.16. The largest absolute Gasteiger partial charge is 0.352 e. The van der Waals surface area contributed by atoms with Crippen LogP contribution in [0.5, 0.6) is 0 Å². The molecule has 0 radical (unpaired) electrons. The fraction of sp³-hybridized carbons (Fsp3) is 0.412. The molecule has 0 unspecified atom stereocenters. The van der Waals surface area contributed by atoms with Crippen molar-refractivity contribution in [3.63, 3.8) is 0 Å². The quantitative estimate of drug-likeness (QED) is 0.937. The van der Waals surface area contributed by atoms with Crippen molar-refractivity contribution >= 4 is 5.91 Å². The zero-order valence-corrected chi connectivity index (χ0v) is 12.3. The van der Waals surface area contributed by atoms with Crippen LogP contribution in [0.2, 0.25) is 0 Å². The Hall–Kier alpha value is -2.10. The molecule has 1 amide bonds. The van der Waals surface area contributed by atoms with Gasteiger partial charge in [0.1, 0.15) is 6.04 Å². The Morgan fingerprint density at radius 3 is 2.67 bits per heavy atom. The van der Waals surface area contributed by atoms with Gasteiger partial charge in [-0.15, -0.1) is 0 Å². The van der Waals surface area contributed by atoms with Crippen molar-refractivity contribution in [1.29, 1.82) is 0 Å². The minimum Gasteiger partial charge on any atom is -0.352 e. The second kappa shape index (κ2) is 6.12. The van der Waals surface area contributed by atoms with E-state index in [1.807, 2.05) is 49.6 Å². The van der Waals surface area contributed by atoms with Gasteiger partial charge in [0.05, 0.1) is 6.20 Å². The predicted molar refractivity (Wildman–Crippen MR) is 82.8 cm³/mol. The number of rotatable bonds is 4. The molecule has 0 spiro atoms. The van der Waals surface area contributed by atoms with Gasteiger partial charge in [-0.2, -0.15) is 5.10 Å². The van der Waals surface area contributed by atoms with Crippen LogP contribution in [0, 0.1) is 0 Å². The number of nitrogens with zero attached hydrogens (tertiary/aromatic N) is 2. The molecule has 2 aromatic rings. The van der Waals surface area contributed by atoms with Crippen LogP contribution >= 0.6 is 0 Å². The summed E-state index contributed by atoms with van der Waals surface area (Å²) in [7, 11) is 0. The van der Waals surface area contributed by atoms with Crippen molar-refractivity contribution in [2.45, 2.75) is 44.7 Å². The Morgan fingerprint density at radius 1 is 1.24 bits per heavy atom. The predicted octanol–water partition coefficient (Wildman–Crippen LogP) is 3.17. The number of carbonyl (C=O) groups is 1. The molecule has 0 saturated heterocycles. The number of nitrogens with one attached hydrogen (secondary N) is 1. The van der Waals surface area contributed by atoms with Gasteiger partial charge < -0.3 is 5.32 Å². The van der Waals surface area contributed by atoms with Crippen molar-refractivity contribution in [3.05, 3.63) is 42.7 Å².